The fourth-order valence-corrected chi connectivity index (χ4v) is 3.31. The van der Waals surface area contributed by atoms with Gasteiger partial charge in [-0.05, 0) is 23.8 Å². The van der Waals surface area contributed by atoms with Crippen molar-refractivity contribution in [2.45, 2.75) is 65.3 Å². The summed E-state index contributed by atoms with van der Waals surface area (Å²) in [5.74, 6) is 0.316. The molecule has 1 heterocycles. The molecule has 2 rings (SSSR count). The normalized spacial score (nSPS) is 17.9. The molecule has 4 heteroatoms. The molecule has 1 atom stereocenters. The molecule has 24 heavy (non-hydrogen) atoms. The summed E-state index contributed by atoms with van der Waals surface area (Å²) in [6.45, 7) is 12.1. The van der Waals surface area contributed by atoms with Gasteiger partial charge in [-0.2, -0.15) is 0 Å². The van der Waals surface area contributed by atoms with Gasteiger partial charge in [0.1, 0.15) is 0 Å². The van der Waals surface area contributed by atoms with Gasteiger partial charge >= 0.3 is 0 Å². The molecule has 0 bridgehead atoms. The summed E-state index contributed by atoms with van der Waals surface area (Å²) in [5, 5.41) is 5.33. The Labute approximate surface area is 147 Å². The molecule has 1 saturated heterocycles. The topological polar surface area (TPSA) is 44.4 Å². The number of nitrogens with zero attached hydrogens (tertiary/aromatic N) is 1. The first-order valence-electron chi connectivity index (χ1n) is 9.02. The van der Waals surface area contributed by atoms with E-state index in [1.807, 2.05) is 20.8 Å². The third-order valence-electron chi connectivity index (χ3n) is 4.94. The van der Waals surface area contributed by atoms with Crippen molar-refractivity contribution in [1.29, 1.82) is 0 Å². The Hall–Kier alpha value is -1.23. The Bertz CT molecular complexity index is 528. The summed E-state index contributed by atoms with van der Waals surface area (Å²) in [4.78, 5) is 12.9. The lowest BCUT2D eigenvalue weighted by Crippen LogP contribution is -2.49. The fourth-order valence-electron chi connectivity index (χ4n) is 3.31. The molecule has 1 unspecified atom stereocenters. The summed E-state index contributed by atoms with van der Waals surface area (Å²) >= 11 is 0. The number of Topliss-reactive ketones (excluding diaryl/α,β-unsaturated/α-hetero) is 1. The van der Waals surface area contributed by atoms with Crippen LogP contribution in [-0.4, -0.2) is 30.2 Å². The molecular weight excluding hydrogens is 298 g/mol. The van der Waals surface area contributed by atoms with Crippen molar-refractivity contribution in [2.75, 3.05) is 13.3 Å². The summed E-state index contributed by atoms with van der Waals surface area (Å²) in [5.41, 5.74) is 4.47. The predicted octanol–water partition coefficient (Wildman–Crippen LogP) is 3.44. The summed E-state index contributed by atoms with van der Waals surface area (Å²) in [7, 11) is 0. The van der Waals surface area contributed by atoms with E-state index in [-0.39, 0.29) is 16.9 Å². The number of rotatable bonds is 7. The van der Waals surface area contributed by atoms with Gasteiger partial charge in [0.05, 0.1) is 19.4 Å². The Balaban J connectivity index is 1.99. The van der Waals surface area contributed by atoms with E-state index in [1.165, 1.54) is 5.56 Å². The summed E-state index contributed by atoms with van der Waals surface area (Å²) < 4.78 is 0. The van der Waals surface area contributed by atoms with E-state index in [1.54, 1.807) is 0 Å². The second kappa shape index (κ2) is 7.77. The zero-order valence-electron chi connectivity index (χ0n) is 15.9. The van der Waals surface area contributed by atoms with E-state index < -0.39 is 0 Å². The molecular formula is C20H33N3O. The fraction of sp³-hybridized carbons (Fsp3) is 0.650. The SMILES string of the molecule is CC(C)(C)C(=O)C(CCCC(C)(C)c1ccccc1)N1CNCN1. The van der Waals surface area contributed by atoms with Crippen molar-refractivity contribution >= 4 is 5.78 Å². The van der Waals surface area contributed by atoms with Crippen LogP contribution < -0.4 is 10.7 Å². The maximum Gasteiger partial charge on any atom is 0.156 e. The van der Waals surface area contributed by atoms with Crippen LogP contribution in [0.5, 0.6) is 0 Å². The number of ketones is 1. The molecule has 1 aliphatic heterocycles. The first-order chi connectivity index (χ1) is 11.2. The highest BCUT2D eigenvalue weighted by Crippen LogP contribution is 2.30. The van der Waals surface area contributed by atoms with E-state index in [2.05, 4.69) is 59.9 Å². The minimum atomic E-state index is -0.316. The van der Waals surface area contributed by atoms with Crippen molar-refractivity contribution in [3.8, 4) is 0 Å². The number of nitrogens with one attached hydrogen (secondary N) is 2. The van der Waals surface area contributed by atoms with Gasteiger partial charge in [0.25, 0.3) is 0 Å². The molecule has 1 fully saturated rings. The standard InChI is InChI=1S/C20H33N3O/c1-19(2,3)18(24)17(23-15-21-14-22-23)12-9-13-20(4,5)16-10-7-6-8-11-16/h6-8,10-11,17,21-22H,9,12-15H2,1-5H3. The lowest BCUT2D eigenvalue weighted by atomic mass is 9.78. The molecule has 134 valence electrons. The molecule has 2 N–H and O–H groups in total. The molecule has 0 spiro atoms. The second-order valence-corrected chi connectivity index (χ2v) is 8.48. The first kappa shape index (κ1) is 19.1. The van der Waals surface area contributed by atoms with Crippen molar-refractivity contribution < 1.29 is 4.79 Å². The van der Waals surface area contributed by atoms with Crippen LogP contribution in [0.4, 0.5) is 0 Å². The van der Waals surface area contributed by atoms with Gasteiger partial charge in [0.15, 0.2) is 5.78 Å². The highest BCUT2D eigenvalue weighted by molar-refractivity contribution is 5.88. The molecule has 0 saturated carbocycles. The van der Waals surface area contributed by atoms with Crippen LogP contribution >= 0.6 is 0 Å². The molecule has 0 amide bonds. The maximum absolute atomic E-state index is 12.9. The molecule has 0 aromatic heterocycles. The lowest BCUT2D eigenvalue weighted by Gasteiger charge is -2.32. The van der Waals surface area contributed by atoms with Gasteiger partial charge in [-0.3, -0.25) is 10.1 Å². The van der Waals surface area contributed by atoms with Gasteiger partial charge < -0.3 is 0 Å². The van der Waals surface area contributed by atoms with Crippen LogP contribution in [0.15, 0.2) is 30.3 Å². The van der Waals surface area contributed by atoms with Gasteiger partial charge in [-0.15, -0.1) is 0 Å². The lowest BCUT2D eigenvalue weighted by molar-refractivity contribution is -0.133. The first-order valence-corrected chi connectivity index (χ1v) is 9.02. The molecule has 4 nitrogen and oxygen atoms in total. The van der Waals surface area contributed by atoms with E-state index >= 15 is 0 Å². The third-order valence-corrected chi connectivity index (χ3v) is 4.94. The summed E-state index contributed by atoms with van der Waals surface area (Å²) in [6.07, 6.45) is 3.00. The number of hydrogen-bond acceptors (Lipinski definition) is 4. The van der Waals surface area contributed by atoms with Crippen LogP contribution in [0.25, 0.3) is 0 Å². The van der Waals surface area contributed by atoms with Crippen molar-refractivity contribution in [3.63, 3.8) is 0 Å². The Morgan fingerprint density at radius 3 is 2.38 bits per heavy atom. The van der Waals surface area contributed by atoms with Crippen molar-refractivity contribution in [1.82, 2.24) is 15.8 Å². The molecule has 0 aliphatic carbocycles. The van der Waals surface area contributed by atoms with Crippen LogP contribution in [0.2, 0.25) is 0 Å². The van der Waals surface area contributed by atoms with Crippen LogP contribution in [0.3, 0.4) is 0 Å². The zero-order chi connectivity index (χ0) is 17.8. The quantitative estimate of drug-likeness (QED) is 0.803. The molecule has 1 aromatic rings. The van der Waals surface area contributed by atoms with E-state index in [0.717, 1.165) is 32.6 Å². The maximum atomic E-state index is 12.9. The van der Waals surface area contributed by atoms with Gasteiger partial charge in [-0.1, -0.05) is 71.4 Å². The molecule has 1 aliphatic rings. The number of hydrazine groups is 1. The Kier molecular flexibility index (Phi) is 6.18. The van der Waals surface area contributed by atoms with Gasteiger partial charge in [0.2, 0.25) is 0 Å². The monoisotopic (exact) mass is 331 g/mol. The summed E-state index contributed by atoms with van der Waals surface area (Å²) in [6, 6.07) is 10.6. The minimum Gasteiger partial charge on any atom is -0.297 e. The van der Waals surface area contributed by atoms with Crippen molar-refractivity contribution in [2.24, 2.45) is 5.41 Å². The van der Waals surface area contributed by atoms with E-state index in [4.69, 9.17) is 0 Å². The number of hydrogen-bond donors (Lipinski definition) is 2. The number of carbonyl (C=O) groups excluding carboxylic acids is 1. The molecule has 1 aromatic carbocycles. The van der Waals surface area contributed by atoms with E-state index in [0.29, 0.717) is 5.78 Å². The zero-order valence-corrected chi connectivity index (χ0v) is 15.9. The predicted molar refractivity (Wildman–Crippen MR) is 99.4 cm³/mol. The molecule has 0 radical (unpaired) electrons. The average molecular weight is 332 g/mol. The van der Waals surface area contributed by atoms with Crippen LogP contribution in [0, 0.1) is 5.41 Å². The van der Waals surface area contributed by atoms with E-state index in [9.17, 15) is 4.79 Å². The van der Waals surface area contributed by atoms with Crippen molar-refractivity contribution in [3.05, 3.63) is 35.9 Å². The minimum absolute atomic E-state index is 0.0634. The van der Waals surface area contributed by atoms with Crippen LogP contribution in [0.1, 0.15) is 59.4 Å². The average Bonchev–Trinajstić information content (AvgIpc) is 3.05. The largest absolute Gasteiger partial charge is 0.297 e. The number of benzene rings is 1. The van der Waals surface area contributed by atoms with Gasteiger partial charge in [-0.25, -0.2) is 10.4 Å². The third kappa shape index (κ3) is 4.88. The Morgan fingerprint density at radius 2 is 1.83 bits per heavy atom. The number of carbonyl (C=O) groups is 1. The highest BCUT2D eigenvalue weighted by atomic mass is 16.1. The Morgan fingerprint density at radius 1 is 1.17 bits per heavy atom. The van der Waals surface area contributed by atoms with Gasteiger partial charge in [0, 0.05) is 5.41 Å². The highest BCUT2D eigenvalue weighted by Gasteiger charge is 2.35. The van der Waals surface area contributed by atoms with Crippen LogP contribution in [-0.2, 0) is 10.2 Å². The smallest absolute Gasteiger partial charge is 0.156 e. The second-order valence-electron chi connectivity index (χ2n) is 8.48.